The maximum absolute atomic E-state index is 13.2. The highest BCUT2D eigenvalue weighted by Gasteiger charge is 2.27. The Bertz CT molecular complexity index is 1030. The van der Waals surface area contributed by atoms with Crippen molar-refractivity contribution in [3.8, 4) is 5.88 Å². The molecule has 29 heavy (non-hydrogen) atoms. The molecule has 1 unspecified atom stereocenters. The molecule has 1 atom stereocenters. The minimum atomic E-state index is -0.895. The Morgan fingerprint density at radius 3 is 2.38 bits per heavy atom. The number of methoxy groups -OCH3 is 1. The van der Waals surface area contributed by atoms with Crippen molar-refractivity contribution in [2.75, 3.05) is 12.4 Å². The van der Waals surface area contributed by atoms with Gasteiger partial charge in [-0.15, -0.1) is 0 Å². The molecule has 0 bridgehead atoms. The summed E-state index contributed by atoms with van der Waals surface area (Å²) in [7, 11) is 1.48. The zero-order valence-corrected chi connectivity index (χ0v) is 16.1. The van der Waals surface area contributed by atoms with Crippen LogP contribution in [0.4, 0.5) is 5.82 Å². The third kappa shape index (κ3) is 4.70. The monoisotopic (exact) mass is 387 g/mol. The second-order valence-electron chi connectivity index (χ2n) is 6.41. The quantitative estimate of drug-likeness (QED) is 0.511. The van der Waals surface area contributed by atoms with Crippen LogP contribution < -0.4 is 10.1 Å². The van der Waals surface area contributed by atoms with Gasteiger partial charge in [-0.25, -0.2) is 0 Å². The van der Waals surface area contributed by atoms with E-state index in [0.717, 1.165) is 5.56 Å². The van der Waals surface area contributed by atoms with Gasteiger partial charge in [-0.1, -0.05) is 60.2 Å². The highest BCUT2D eigenvalue weighted by molar-refractivity contribution is 6.69. The Morgan fingerprint density at radius 1 is 1.03 bits per heavy atom. The third-order valence-electron chi connectivity index (χ3n) is 4.35. The molecular weight excluding hydrogens is 366 g/mol. The predicted molar refractivity (Wildman–Crippen MR) is 112 cm³/mol. The summed E-state index contributed by atoms with van der Waals surface area (Å²) in [5, 5.41) is 19.6. The number of hydrogen-bond donors (Lipinski definition) is 3. The van der Waals surface area contributed by atoms with Crippen molar-refractivity contribution < 1.29 is 9.53 Å². The lowest BCUT2D eigenvalue weighted by Crippen LogP contribution is -2.32. The number of nitrogens with one attached hydrogen (secondary N) is 3. The minimum Gasteiger partial charge on any atom is -0.480 e. The van der Waals surface area contributed by atoms with Gasteiger partial charge in [0.15, 0.2) is 0 Å². The molecule has 3 rings (SSSR count). The molecule has 3 N–H and O–H groups in total. The van der Waals surface area contributed by atoms with E-state index >= 15 is 0 Å². The summed E-state index contributed by atoms with van der Waals surface area (Å²) in [6, 6.07) is 15.3. The van der Waals surface area contributed by atoms with Crippen LogP contribution in [0.1, 0.15) is 22.7 Å². The number of ketones is 1. The van der Waals surface area contributed by atoms with E-state index in [9.17, 15) is 4.79 Å². The Morgan fingerprint density at radius 2 is 1.72 bits per heavy atom. The molecule has 0 amide bonds. The first-order chi connectivity index (χ1) is 14.0. The first-order valence-corrected chi connectivity index (χ1v) is 8.96. The third-order valence-corrected chi connectivity index (χ3v) is 4.35. The van der Waals surface area contributed by atoms with Crippen molar-refractivity contribution in [1.29, 1.82) is 10.8 Å². The van der Waals surface area contributed by atoms with Gasteiger partial charge >= 0.3 is 0 Å². The summed E-state index contributed by atoms with van der Waals surface area (Å²) in [5.74, 6) is 0.104. The normalized spacial score (nSPS) is 11.4. The number of carbonyl (C=O) groups is 1. The molecule has 0 radical (unpaired) electrons. The molecule has 2 aromatic carbocycles. The summed E-state index contributed by atoms with van der Waals surface area (Å²) >= 11 is 0. The fraction of sp³-hybridized carbons (Fsp3) is 0.136. The van der Waals surface area contributed by atoms with Gasteiger partial charge < -0.3 is 10.1 Å². The smallest absolute Gasteiger partial charge is 0.233 e. The molecule has 7 heteroatoms. The molecule has 7 nitrogen and oxygen atoms in total. The van der Waals surface area contributed by atoms with Crippen molar-refractivity contribution in [3.05, 3.63) is 83.7 Å². The molecule has 0 saturated carbocycles. The Labute approximate surface area is 168 Å². The highest BCUT2D eigenvalue weighted by Crippen LogP contribution is 2.22. The summed E-state index contributed by atoms with van der Waals surface area (Å²) in [4.78, 5) is 21.5. The van der Waals surface area contributed by atoms with Crippen LogP contribution >= 0.6 is 0 Å². The van der Waals surface area contributed by atoms with Gasteiger partial charge in [-0.2, -0.15) is 4.98 Å². The SMILES string of the molecule is COc1cncc(NC(C(=O)C(=N)C(=N)c2ccccc2)c2ccc(C)cc2)n1. The number of ether oxygens (including phenoxy) is 1. The number of anilines is 1. The molecule has 0 aliphatic rings. The molecular formula is C22H21N5O2. The molecule has 3 aromatic rings. The molecule has 146 valence electrons. The summed E-state index contributed by atoms with van der Waals surface area (Å²) in [5.41, 5.74) is 1.70. The number of Topliss-reactive ketones (excluding diaryl/α,β-unsaturated/α-hetero) is 1. The van der Waals surface area contributed by atoms with Gasteiger partial charge in [0.05, 0.1) is 25.2 Å². The van der Waals surface area contributed by atoms with E-state index in [-0.39, 0.29) is 11.4 Å². The molecule has 0 aliphatic carbocycles. The van der Waals surface area contributed by atoms with Gasteiger partial charge in [-0.3, -0.25) is 20.6 Å². The second-order valence-corrected chi connectivity index (χ2v) is 6.41. The van der Waals surface area contributed by atoms with E-state index in [1.54, 1.807) is 24.3 Å². The van der Waals surface area contributed by atoms with Crippen LogP contribution in [0, 0.1) is 17.7 Å². The van der Waals surface area contributed by atoms with Gasteiger partial charge in [0.25, 0.3) is 0 Å². The van der Waals surface area contributed by atoms with E-state index in [4.69, 9.17) is 15.6 Å². The number of hydrogen-bond acceptors (Lipinski definition) is 7. The summed E-state index contributed by atoms with van der Waals surface area (Å²) in [6.45, 7) is 1.95. The predicted octanol–water partition coefficient (Wildman–Crippen LogP) is 3.60. The molecule has 0 fully saturated rings. The minimum absolute atomic E-state index is 0.133. The largest absolute Gasteiger partial charge is 0.480 e. The number of nitrogens with zero attached hydrogens (tertiary/aromatic N) is 2. The van der Waals surface area contributed by atoms with Crippen LogP contribution in [0.15, 0.2) is 67.0 Å². The first-order valence-electron chi connectivity index (χ1n) is 8.96. The van der Waals surface area contributed by atoms with E-state index in [1.165, 1.54) is 19.5 Å². The van der Waals surface area contributed by atoms with E-state index in [0.29, 0.717) is 22.8 Å². The van der Waals surface area contributed by atoms with Crippen LogP contribution in [-0.2, 0) is 4.79 Å². The Kier molecular flexibility index (Phi) is 6.09. The van der Waals surface area contributed by atoms with Gasteiger partial charge in [0.1, 0.15) is 17.6 Å². The first kappa shape index (κ1) is 19.9. The number of benzene rings is 2. The van der Waals surface area contributed by atoms with Crippen LogP contribution in [0.3, 0.4) is 0 Å². The molecule has 1 aromatic heterocycles. The zero-order valence-electron chi connectivity index (χ0n) is 16.1. The topological polar surface area (TPSA) is 112 Å². The molecule has 1 heterocycles. The number of aromatic nitrogens is 2. The second kappa shape index (κ2) is 8.88. The Balaban J connectivity index is 1.93. The molecule has 0 aliphatic heterocycles. The van der Waals surface area contributed by atoms with E-state index in [2.05, 4.69) is 15.3 Å². The lowest BCUT2D eigenvalue weighted by Gasteiger charge is -2.19. The summed E-state index contributed by atoms with van der Waals surface area (Å²) < 4.78 is 5.09. The van der Waals surface area contributed by atoms with Crippen LogP contribution in [0.2, 0.25) is 0 Å². The number of carbonyl (C=O) groups excluding carboxylic acids is 1. The standard InChI is InChI=1S/C22H21N5O2/c1-14-8-10-16(11-9-14)21(27-17-12-25-13-18(26-17)29-2)22(28)20(24)19(23)15-6-4-3-5-7-15/h3-13,21,23-24H,1-2H3,(H,26,27). The van der Waals surface area contributed by atoms with E-state index in [1.807, 2.05) is 37.3 Å². The molecule has 0 spiro atoms. The molecule has 0 saturated heterocycles. The van der Waals surface area contributed by atoms with Gasteiger partial charge in [0.2, 0.25) is 11.7 Å². The summed E-state index contributed by atoms with van der Waals surface area (Å²) in [6.07, 6.45) is 2.93. The van der Waals surface area contributed by atoms with Crippen LogP contribution in [0.5, 0.6) is 5.88 Å². The maximum atomic E-state index is 13.2. The van der Waals surface area contributed by atoms with Crippen molar-refractivity contribution in [1.82, 2.24) is 9.97 Å². The van der Waals surface area contributed by atoms with E-state index < -0.39 is 11.8 Å². The van der Waals surface area contributed by atoms with Gasteiger partial charge in [0, 0.05) is 5.56 Å². The average molecular weight is 387 g/mol. The van der Waals surface area contributed by atoms with Gasteiger partial charge in [-0.05, 0) is 12.5 Å². The number of aryl methyl sites for hydroxylation is 1. The highest BCUT2D eigenvalue weighted by atomic mass is 16.5. The van der Waals surface area contributed by atoms with Crippen molar-refractivity contribution in [3.63, 3.8) is 0 Å². The fourth-order valence-electron chi connectivity index (χ4n) is 2.74. The number of rotatable bonds is 8. The lowest BCUT2D eigenvalue weighted by molar-refractivity contribution is -0.113. The zero-order chi connectivity index (χ0) is 20.8. The fourth-order valence-corrected chi connectivity index (χ4v) is 2.74. The van der Waals surface area contributed by atoms with Crippen LogP contribution in [-0.4, -0.2) is 34.3 Å². The lowest BCUT2D eigenvalue weighted by atomic mass is 9.94. The van der Waals surface area contributed by atoms with Crippen molar-refractivity contribution in [2.45, 2.75) is 13.0 Å². The average Bonchev–Trinajstić information content (AvgIpc) is 2.77. The van der Waals surface area contributed by atoms with Crippen LogP contribution in [0.25, 0.3) is 0 Å². The van der Waals surface area contributed by atoms with Crippen molar-refractivity contribution >= 4 is 23.0 Å². The van der Waals surface area contributed by atoms with Crippen molar-refractivity contribution in [2.24, 2.45) is 0 Å². The maximum Gasteiger partial charge on any atom is 0.233 e. The Hall–Kier alpha value is -3.87.